The number of amides is 1. The maximum Gasteiger partial charge on any atom is 0.261 e. The highest BCUT2D eigenvalue weighted by Crippen LogP contribution is 2.26. The van der Waals surface area contributed by atoms with Crippen LogP contribution in [0, 0.1) is 5.92 Å². The monoisotopic (exact) mass is 397 g/mol. The van der Waals surface area contributed by atoms with E-state index >= 15 is 0 Å². The fourth-order valence-electron chi connectivity index (χ4n) is 3.17. The molecule has 2 aromatic rings. The number of methoxy groups -OCH3 is 1. The Hall–Kier alpha value is -2.49. The molecule has 1 amide bonds. The van der Waals surface area contributed by atoms with Crippen LogP contribution >= 0.6 is 0 Å². The van der Waals surface area contributed by atoms with Crippen molar-refractivity contribution in [1.82, 2.24) is 5.32 Å². The Labute approximate surface area is 175 Å². The summed E-state index contributed by atoms with van der Waals surface area (Å²) in [7, 11) is 1.65. The van der Waals surface area contributed by atoms with Crippen LogP contribution in [0.25, 0.3) is 0 Å². The number of hydrogen-bond donors (Lipinski definition) is 1. The molecule has 0 bridgehead atoms. The predicted octanol–water partition coefficient (Wildman–Crippen LogP) is 5.66. The van der Waals surface area contributed by atoms with E-state index in [2.05, 4.69) is 52.1 Å². The van der Waals surface area contributed by atoms with Gasteiger partial charge >= 0.3 is 0 Å². The van der Waals surface area contributed by atoms with Crippen LogP contribution in [-0.4, -0.2) is 19.1 Å². The fraction of sp³-hybridized carbons (Fsp3) is 0.480. The third kappa shape index (κ3) is 6.81. The quantitative estimate of drug-likeness (QED) is 0.625. The summed E-state index contributed by atoms with van der Waals surface area (Å²) in [6, 6.07) is 15.8. The third-order valence-electron chi connectivity index (χ3n) is 4.94. The molecule has 29 heavy (non-hydrogen) atoms. The standard InChI is InChI=1S/C25H35NO3/c1-17(2)16-23(19-8-12-21(28-7)13-9-19)26-24(27)18(3)29-22-14-10-20(11-15-22)25(4,5)6/h8-15,17-18,23H,16H2,1-7H3,(H,26,27). The topological polar surface area (TPSA) is 47.6 Å². The van der Waals surface area contributed by atoms with Crippen LogP contribution in [-0.2, 0) is 10.2 Å². The van der Waals surface area contributed by atoms with Crippen molar-refractivity contribution in [3.8, 4) is 11.5 Å². The summed E-state index contributed by atoms with van der Waals surface area (Å²) in [4.78, 5) is 12.8. The zero-order valence-corrected chi connectivity index (χ0v) is 18.8. The summed E-state index contributed by atoms with van der Waals surface area (Å²) in [5.74, 6) is 1.83. The lowest BCUT2D eigenvalue weighted by molar-refractivity contribution is -0.128. The Morgan fingerprint density at radius 3 is 1.97 bits per heavy atom. The molecule has 0 radical (unpaired) electrons. The summed E-state index contributed by atoms with van der Waals surface area (Å²) in [6.07, 6.45) is 0.272. The van der Waals surface area contributed by atoms with Crippen LogP contribution in [0.3, 0.4) is 0 Å². The highest BCUT2D eigenvalue weighted by atomic mass is 16.5. The van der Waals surface area contributed by atoms with Crippen LogP contribution in [0.1, 0.15) is 65.1 Å². The van der Waals surface area contributed by atoms with Crippen molar-refractivity contribution in [1.29, 1.82) is 0 Å². The summed E-state index contributed by atoms with van der Waals surface area (Å²) in [6.45, 7) is 12.6. The van der Waals surface area contributed by atoms with Gasteiger partial charge in [-0.2, -0.15) is 0 Å². The first-order valence-electron chi connectivity index (χ1n) is 10.3. The van der Waals surface area contributed by atoms with Crippen LogP contribution in [0.2, 0.25) is 0 Å². The Bertz CT molecular complexity index is 773. The first-order valence-corrected chi connectivity index (χ1v) is 10.3. The fourth-order valence-corrected chi connectivity index (χ4v) is 3.17. The first kappa shape index (κ1) is 22.8. The second kappa shape index (κ2) is 9.82. The molecule has 0 aromatic heterocycles. The second-order valence-electron chi connectivity index (χ2n) is 9.00. The highest BCUT2D eigenvalue weighted by Gasteiger charge is 2.22. The van der Waals surface area contributed by atoms with Crippen molar-refractivity contribution in [2.75, 3.05) is 7.11 Å². The van der Waals surface area contributed by atoms with E-state index in [0.29, 0.717) is 11.7 Å². The molecule has 4 nitrogen and oxygen atoms in total. The summed E-state index contributed by atoms with van der Waals surface area (Å²) in [5, 5.41) is 3.15. The predicted molar refractivity (Wildman–Crippen MR) is 119 cm³/mol. The molecule has 4 heteroatoms. The lowest BCUT2D eigenvalue weighted by Crippen LogP contribution is -2.39. The zero-order valence-electron chi connectivity index (χ0n) is 18.8. The zero-order chi connectivity index (χ0) is 21.6. The second-order valence-corrected chi connectivity index (χ2v) is 9.00. The molecular weight excluding hydrogens is 362 g/mol. The summed E-state index contributed by atoms with van der Waals surface area (Å²) < 4.78 is 11.1. The molecule has 2 atom stereocenters. The van der Waals surface area contributed by atoms with Gasteiger partial charge in [0.25, 0.3) is 5.91 Å². The average molecular weight is 398 g/mol. The minimum absolute atomic E-state index is 0.0669. The number of carbonyl (C=O) groups excluding carboxylic acids is 1. The van der Waals surface area contributed by atoms with Crippen molar-refractivity contribution < 1.29 is 14.3 Å². The smallest absolute Gasteiger partial charge is 0.261 e. The van der Waals surface area contributed by atoms with Gasteiger partial charge in [0.15, 0.2) is 6.10 Å². The van der Waals surface area contributed by atoms with E-state index in [4.69, 9.17) is 9.47 Å². The molecule has 2 unspecified atom stereocenters. The van der Waals surface area contributed by atoms with E-state index in [-0.39, 0.29) is 17.4 Å². The maximum atomic E-state index is 12.8. The highest BCUT2D eigenvalue weighted by molar-refractivity contribution is 5.81. The van der Waals surface area contributed by atoms with Gasteiger partial charge in [0.05, 0.1) is 13.2 Å². The van der Waals surface area contributed by atoms with Gasteiger partial charge in [-0.25, -0.2) is 0 Å². The van der Waals surface area contributed by atoms with Crippen molar-refractivity contribution in [2.45, 2.75) is 65.5 Å². The average Bonchev–Trinajstić information content (AvgIpc) is 2.66. The number of nitrogens with one attached hydrogen (secondary N) is 1. The van der Waals surface area contributed by atoms with Gasteiger partial charge in [-0.1, -0.05) is 58.9 Å². The molecule has 0 aliphatic heterocycles. The van der Waals surface area contributed by atoms with E-state index in [0.717, 1.165) is 17.7 Å². The Kier molecular flexibility index (Phi) is 7.72. The van der Waals surface area contributed by atoms with E-state index < -0.39 is 6.10 Å². The number of rotatable bonds is 8. The normalized spacial score (nSPS) is 13.7. The molecule has 1 N–H and O–H groups in total. The summed E-state index contributed by atoms with van der Waals surface area (Å²) >= 11 is 0. The number of benzene rings is 2. The molecule has 0 heterocycles. The lowest BCUT2D eigenvalue weighted by Gasteiger charge is -2.24. The molecular formula is C25H35NO3. The maximum absolute atomic E-state index is 12.8. The van der Waals surface area contributed by atoms with Crippen LogP contribution in [0.4, 0.5) is 0 Å². The first-order chi connectivity index (χ1) is 13.6. The van der Waals surface area contributed by atoms with Gasteiger partial charge in [0, 0.05) is 0 Å². The molecule has 2 aromatic carbocycles. The van der Waals surface area contributed by atoms with Crippen molar-refractivity contribution >= 4 is 5.91 Å². The van der Waals surface area contributed by atoms with Gasteiger partial charge in [0.2, 0.25) is 0 Å². The Balaban J connectivity index is 2.05. The van der Waals surface area contributed by atoms with Crippen LogP contribution in [0.5, 0.6) is 11.5 Å². The Morgan fingerprint density at radius 2 is 1.48 bits per heavy atom. The van der Waals surface area contributed by atoms with Gasteiger partial charge in [-0.15, -0.1) is 0 Å². The number of ether oxygens (including phenoxy) is 2. The number of hydrogen-bond acceptors (Lipinski definition) is 3. The molecule has 0 spiro atoms. The van der Waals surface area contributed by atoms with Gasteiger partial charge in [-0.3, -0.25) is 4.79 Å². The molecule has 158 valence electrons. The van der Waals surface area contributed by atoms with Crippen molar-refractivity contribution in [3.05, 3.63) is 59.7 Å². The van der Waals surface area contributed by atoms with Gasteiger partial charge in [-0.05, 0) is 60.1 Å². The Morgan fingerprint density at radius 1 is 0.931 bits per heavy atom. The molecule has 0 aliphatic rings. The van der Waals surface area contributed by atoms with Crippen molar-refractivity contribution in [2.24, 2.45) is 5.92 Å². The third-order valence-corrected chi connectivity index (χ3v) is 4.94. The molecule has 0 saturated heterocycles. The SMILES string of the molecule is COc1ccc(C(CC(C)C)NC(=O)C(C)Oc2ccc(C(C)(C)C)cc2)cc1. The molecule has 0 aliphatic carbocycles. The number of carbonyl (C=O) groups is 1. The molecule has 2 rings (SSSR count). The van der Waals surface area contributed by atoms with E-state index in [1.807, 2.05) is 36.4 Å². The minimum atomic E-state index is -0.580. The largest absolute Gasteiger partial charge is 0.497 e. The van der Waals surface area contributed by atoms with E-state index in [1.165, 1.54) is 5.56 Å². The van der Waals surface area contributed by atoms with E-state index in [9.17, 15) is 4.79 Å². The minimum Gasteiger partial charge on any atom is -0.497 e. The van der Waals surface area contributed by atoms with Crippen LogP contribution in [0.15, 0.2) is 48.5 Å². The summed E-state index contributed by atoms with van der Waals surface area (Å²) in [5.41, 5.74) is 2.39. The van der Waals surface area contributed by atoms with Crippen molar-refractivity contribution in [3.63, 3.8) is 0 Å². The van der Waals surface area contributed by atoms with Gasteiger partial charge in [0.1, 0.15) is 11.5 Å². The molecule has 0 saturated carbocycles. The molecule has 0 fully saturated rings. The van der Waals surface area contributed by atoms with E-state index in [1.54, 1.807) is 14.0 Å². The van der Waals surface area contributed by atoms with Crippen LogP contribution < -0.4 is 14.8 Å². The lowest BCUT2D eigenvalue weighted by atomic mass is 9.87. The van der Waals surface area contributed by atoms with Gasteiger partial charge < -0.3 is 14.8 Å².